The highest BCUT2D eigenvalue weighted by atomic mass is 16.3. The highest BCUT2D eigenvalue weighted by molar-refractivity contribution is 6.05. The van der Waals surface area contributed by atoms with Gasteiger partial charge in [-0.15, -0.1) is 0 Å². The molecule has 2 aromatic carbocycles. The summed E-state index contributed by atoms with van der Waals surface area (Å²) in [5.41, 5.74) is 10.0. The van der Waals surface area contributed by atoms with E-state index < -0.39 is 12.5 Å². The molecule has 0 aliphatic rings. The molecular weight excluding hydrogens is 680 g/mol. The summed E-state index contributed by atoms with van der Waals surface area (Å²) in [7, 11) is 1.50. The van der Waals surface area contributed by atoms with E-state index in [1.807, 2.05) is 49.0 Å². The van der Waals surface area contributed by atoms with Crippen molar-refractivity contribution in [3.05, 3.63) is 76.9 Å². The third kappa shape index (κ3) is 8.15. The van der Waals surface area contributed by atoms with Gasteiger partial charge in [0.25, 0.3) is 11.8 Å². The number of aliphatic hydroxyl groups is 1. The first-order valence-corrected chi connectivity index (χ1v) is 17.3. The number of fused-ring (bicyclic) bond motifs is 2. The van der Waals surface area contributed by atoms with Gasteiger partial charge in [-0.05, 0) is 90.0 Å². The molecular formula is C36H44N12O5. The lowest BCUT2D eigenvalue weighted by Crippen LogP contribution is -2.20. The van der Waals surface area contributed by atoms with Crippen molar-refractivity contribution in [2.24, 2.45) is 5.73 Å². The maximum atomic E-state index is 13.5. The molecule has 4 heterocycles. The third-order valence-electron chi connectivity index (χ3n) is 8.44. The van der Waals surface area contributed by atoms with Crippen molar-refractivity contribution in [1.82, 2.24) is 38.7 Å². The number of nitrogens with one attached hydrogen (secondary N) is 3. The normalized spacial score (nSPS) is 11.0. The highest BCUT2D eigenvalue weighted by Crippen LogP contribution is 2.28. The standard InChI is InChI=1S/C35H39N11O5.CH5N/c1-5-45-28(16-21(3)41-45)32(50)39-34-37-25-18-23(19-47)12-13-26(25)43(34)14-7-8-15-44-27-11-9-10-24(36-30(49)20-48)31(27)38-35(44)40-33(51)29-17-22(4)42-46(29)6-2;1-2/h9-13,16-19,48H,5-8,14-15,20H2,1-4H3,(H,36,49)(H,37,39,50)(H,38,40,51);2H2,1H3. The van der Waals surface area contributed by atoms with Crippen LogP contribution in [0.3, 0.4) is 0 Å². The van der Waals surface area contributed by atoms with Gasteiger partial charge >= 0.3 is 0 Å². The van der Waals surface area contributed by atoms with Crippen molar-refractivity contribution < 1.29 is 24.3 Å². The van der Waals surface area contributed by atoms with Crippen LogP contribution >= 0.6 is 0 Å². The second-order valence-electron chi connectivity index (χ2n) is 12.0. The topological polar surface area (TPSA) is 222 Å². The van der Waals surface area contributed by atoms with Gasteiger partial charge in [0.2, 0.25) is 17.8 Å². The maximum Gasteiger partial charge on any atom is 0.276 e. The summed E-state index contributed by atoms with van der Waals surface area (Å²) in [6.45, 7) is 8.71. The average molecular weight is 725 g/mol. The number of aliphatic hydroxyl groups excluding tert-OH is 1. The molecule has 53 heavy (non-hydrogen) atoms. The number of aryl methyl sites for hydroxylation is 6. The van der Waals surface area contributed by atoms with Gasteiger partial charge in [-0.25, -0.2) is 9.97 Å². The summed E-state index contributed by atoms with van der Waals surface area (Å²) in [4.78, 5) is 59.8. The second-order valence-corrected chi connectivity index (χ2v) is 12.0. The lowest BCUT2D eigenvalue weighted by molar-refractivity contribution is -0.118. The van der Waals surface area contributed by atoms with Crippen molar-refractivity contribution in [1.29, 1.82) is 0 Å². The van der Waals surface area contributed by atoms with Crippen molar-refractivity contribution in [2.45, 2.75) is 66.7 Å². The zero-order valence-corrected chi connectivity index (χ0v) is 30.4. The molecule has 4 aromatic heterocycles. The Hall–Kier alpha value is -6.20. The molecule has 278 valence electrons. The van der Waals surface area contributed by atoms with Crippen LogP contribution in [0.4, 0.5) is 17.6 Å². The van der Waals surface area contributed by atoms with E-state index in [1.54, 1.807) is 45.8 Å². The number of aromatic nitrogens is 8. The Morgan fingerprint density at radius 1 is 0.774 bits per heavy atom. The monoisotopic (exact) mass is 724 g/mol. The molecule has 0 aliphatic heterocycles. The zero-order valence-electron chi connectivity index (χ0n) is 30.4. The van der Waals surface area contributed by atoms with Crippen LogP contribution in [0, 0.1) is 13.8 Å². The average Bonchev–Trinajstić information content (AvgIpc) is 3.93. The number of nitrogens with two attached hydrogens (primary N) is 1. The van der Waals surface area contributed by atoms with Gasteiger partial charge in [-0.3, -0.25) is 39.2 Å². The van der Waals surface area contributed by atoms with Crippen LogP contribution in [0.1, 0.15) is 69.4 Å². The molecule has 0 unspecified atom stereocenters. The highest BCUT2D eigenvalue weighted by Gasteiger charge is 2.21. The Morgan fingerprint density at radius 3 is 1.89 bits per heavy atom. The van der Waals surface area contributed by atoms with E-state index >= 15 is 0 Å². The molecule has 0 saturated heterocycles. The molecule has 0 fully saturated rings. The molecule has 17 nitrogen and oxygen atoms in total. The maximum absolute atomic E-state index is 13.5. The van der Waals surface area contributed by atoms with Gasteiger partial charge in [0.05, 0.1) is 33.6 Å². The van der Waals surface area contributed by atoms with E-state index in [2.05, 4.69) is 36.9 Å². The van der Waals surface area contributed by atoms with Gasteiger partial charge in [-0.1, -0.05) is 6.07 Å². The minimum absolute atomic E-state index is 0.285. The number of unbranched alkanes of at least 4 members (excludes halogenated alkanes) is 1. The Bertz CT molecular complexity index is 2280. The van der Waals surface area contributed by atoms with Crippen molar-refractivity contribution in [3.63, 3.8) is 0 Å². The predicted molar refractivity (Wildman–Crippen MR) is 201 cm³/mol. The van der Waals surface area contributed by atoms with Gasteiger partial charge < -0.3 is 25.3 Å². The number of amides is 3. The fourth-order valence-electron chi connectivity index (χ4n) is 6.11. The number of rotatable bonds is 14. The molecule has 6 rings (SSSR count). The summed E-state index contributed by atoms with van der Waals surface area (Å²) >= 11 is 0. The second kappa shape index (κ2) is 16.9. The van der Waals surface area contributed by atoms with E-state index in [1.165, 1.54) is 7.05 Å². The van der Waals surface area contributed by atoms with Crippen LogP contribution in [-0.2, 0) is 31.0 Å². The van der Waals surface area contributed by atoms with E-state index in [9.17, 15) is 24.3 Å². The molecule has 0 aliphatic carbocycles. The summed E-state index contributed by atoms with van der Waals surface area (Å²) < 4.78 is 7.03. The fourth-order valence-corrected chi connectivity index (χ4v) is 6.11. The van der Waals surface area contributed by atoms with Crippen LogP contribution in [-0.4, -0.2) is 81.4 Å². The van der Waals surface area contributed by atoms with Crippen LogP contribution in [0.15, 0.2) is 48.5 Å². The summed E-state index contributed by atoms with van der Waals surface area (Å²) in [5.74, 6) is -0.691. The van der Waals surface area contributed by atoms with Gasteiger partial charge in [0, 0.05) is 31.7 Å². The van der Waals surface area contributed by atoms with Crippen molar-refractivity contribution in [2.75, 3.05) is 29.6 Å². The zero-order chi connectivity index (χ0) is 38.2. The van der Waals surface area contributed by atoms with Crippen LogP contribution < -0.4 is 21.7 Å². The number of para-hydroxylation sites is 1. The smallest absolute Gasteiger partial charge is 0.276 e. The summed E-state index contributed by atoms with van der Waals surface area (Å²) in [6.07, 6.45) is 2.00. The Balaban J connectivity index is 0.00000266. The number of nitrogens with zero attached hydrogens (tertiary/aromatic N) is 8. The van der Waals surface area contributed by atoms with Gasteiger partial charge in [0.15, 0.2) is 0 Å². The number of hydrogen-bond acceptors (Lipinski definition) is 10. The van der Waals surface area contributed by atoms with Crippen LogP contribution in [0.2, 0.25) is 0 Å². The molecule has 6 aromatic rings. The van der Waals surface area contributed by atoms with E-state index in [4.69, 9.17) is 4.98 Å². The number of hydrogen-bond donors (Lipinski definition) is 5. The van der Waals surface area contributed by atoms with Crippen LogP contribution in [0.5, 0.6) is 0 Å². The first-order chi connectivity index (χ1) is 25.6. The summed E-state index contributed by atoms with van der Waals surface area (Å²) in [5, 5.41) is 26.7. The van der Waals surface area contributed by atoms with Gasteiger partial charge in [-0.2, -0.15) is 10.2 Å². The molecule has 0 spiro atoms. The molecule has 0 atom stereocenters. The Labute approximate surface area is 305 Å². The third-order valence-corrected chi connectivity index (χ3v) is 8.44. The largest absolute Gasteiger partial charge is 0.387 e. The predicted octanol–water partition coefficient (Wildman–Crippen LogP) is 3.74. The SMILES string of the molecule is CCn1nc(C)cc1C(=O)Nc1nc2cc(C=O)ccc2n1CCCCn1c(NC(=O)c2cc(C)nn2CC)nc2c(NC(=O)CO)cccc21.CN. The van der Waals surface area contributed by atoms with Crippen LogP contribution in [0.25, 0.3) is 22.1 Å². The Morgan fingerprint density at radius 2 is 1.34 bits per heavy atom. The molecule has 17 heteroatoms. The number of carbonyl (C=O) groups excluding carboxylic acids is 4. The minimum atomic E-state index is -0.690. The number of anilines is 3. The van der Waals surface area contributed by atoms with E-state index in [-0.39, 0.29) is 17.8 Å². The minimum Gasteiger partial charge on any atom is -0.387 e. The number of imidazole rings is 2. The molecule has 0 bridgehead atoms. The lowest BCUT2D eigenvalue weighted by Gasteiger charge is -2.13. The molecule has 3 amide bonds. The first kappa shape index (κ1) is 38.0. The molecule has 0 radical (unpaired) electrons. The number of benzene rings is 2. The lowest BCUT2D eigenvalue weighted by atomic mass is 10.2. The quantitative estimate of drug-likeness (QED) is 0.0809. The van der Waals surface area contributed by atoms with E-state index in [0.717, 1.165) is 17.5 Å². The Kier molecular flexibility index (Phi) is 12.1. The molecule has 6 N–H and O–H groups in total. The number of aldehydes is 1. The van der Waals surface area contributed by atoms with Gasteiger partial charge in [0.1, 0.15) is 29.8 Å². The molecule has 0 saturated carbocycles. The van der Waals surface area contributed by atoms with Crippen molar-refractivity contribution >= 4 is 63.7 Å². The van der Waals surface area contributed by atoms with E-state index in [0.29, 0.717) is 89.9 Å². The summed E-state index contributed by atoms with van der Waals surface area (Å²) in [6, 6.07) is 13.9. The number of carbonyl (C=O) groups is 4. The van der Waals surface area contributed by atoms with Crippen molar-refractivity contribution in [3.8, 4) is 0 Å². The first-order valence-electron chi connectivity index (χ1n) is 17.3. The fraction of sp³-hybridized carbons (Fsp3) is 0.333.